The van der Waals surface area contributed by atoms with E-state index in [2.05, 4.69) is 20.2 Å². The Labute approximate surface area is 160 Å². The molecule has 0 aliphatic rings. The number of aliphatic carboxylic acids is 1. The van der Waals surface area contributed by atoms with Gasteiger partial charge in [0.25, 0.3) is 0 Å². The van der Waals surface area contributed by atoms with E-state index in [0.717, 1.165) is 20.7 Å². The highest BCUT2D eigenvalue weighted by Gasteiger charge is 2.19. The number of hydrogen-bond acceptors (Lipinski definition) is 8. The SMILES string of the molecule is O=C(O)Cc1csc(Sc2nnc(-c3cccs3)n2-c2cccnc2)n1. The molecule has 0 saturated heterocycles. The molecule has 0 aromatic carbocycles. The van der Waals surface area contributed by atoms with Gasteiger partial charge in [-0.2, -0.15) is 0 Å². The third-order valence-electron chi connectivity index (χ3n) is 3.32. The van der Waals surface area contributed by atoms with Gasteiger partial charge < -0.3 is 5.11 Å². The zero-order valence-electron chi connectivity index (χ0n) is 13.1. The molecule has 0 unspecified atom stereocenters. The quantitative estimate of drug-likeness (QED) is 0.527. The molecule has 0 amide bonds. The van der Waals surface area contributed by atoms with Crippen molar-refractivity contribution in [3.63, 3.8) is 0 Å². The van der Waals surface area contributed by atoms with E-state index < -0.39 is 5.97 Å². The minimum absolute atomic E-state index is 0.0905. The van der Waals surface area contributed by atoms with Gasteiger partial charge in [0, 0.05) is 11.6 Å². The van der Waals surface area contributed by atoms with Crippen LogP contribution in [-0.2, 0) is 11.2 Å². The van der Waals surface area contributed by atoms with Crippen LogP contribution in [0, 0.1) is 0 Å². The van der Waals surface area contributed by atoms with Crippen molar-refractivity contribution in [3.8, 4) is 16.4 Å². The molecule has 4 rings (SSSR count). The van der Waals surface area contributed by atoms with Crippen molar-refractivity contribution in [1.29, 1.82) is 0 Å². The first kappa shape index (κ1) is 16.9. The minimum Gasteiger partial charge on any atom is -0.481 e. The number of pyridine rings is 1. The van der Waals surface area contributed by atoms with Crippen molar-refractivity contribution in [1.82, 2.24) is 24.7 Å². The first-order chi connectivity index (χ1) is 12.7. The monoisotopic (exact) mass is 401 g/mol. The zero-order valence-corrected chi connectivity index (χ0v) is 15.6. The number of carboxylic acids is 1. The van der Waals surface area contributed by atoms with Gasteiger partial charge >= 0.3 is 5.97 Å². The highest BCUT2D eigenvalue weighted by Crippen LogP contribution is 2.34. The summed E-state index contributed by atoms with van der Waals surface area (Å²) in [5.74, 6) is -0.164. The van der Waals surface area contributed by atoms with Crippen LogP contribution in [0.15, 0.2) is 56.9 Å². The van der Waals surface area contributed by atoms with E-state index in [4.69, 9.17) is 5.11 Å². The van der Waals surface area contributed by atoms with Crippen LogP contribution in [-0.4, -0.2) is 35.8 Å². The Bertz CT molecular complexity index is 1030. The van der Waals surface area contributed by atoms with Gasteiger partial charge in [-0.3, -0.25) is 14.3 Å². The average molecular weight is 401 g/mol. The zero-order chi connectivity index (χ0) is 17.9. The van der Waals surface area contributed by atoms with Crippen LogP contribution < -0.4 is 0 Å². The number of rotatable bonds is 6. The molecule has 0 aliphatic carbocycles. The Balaban J connectivity index is 1.72. The fraction of sp³-hybridized carbons (Fsp3) is 0.0625. The van der Waals surface area contributed by atoms with Crippen LogP contribution in [0.3, 0.4) is 0 Å². The van der Waals surface area contributed by atoms with E-state index >= 15 is 0 Å². The van der Waals surface area contributed by atoms with Crippen LogP contribution in [0.1, 0.15) is 5.69 Å². The van der Waals surface area contributed by atoms with Crippen molar-refractivity contribution in [2.75, 3.05) is 0 Å². The summed E-state index contributed by atoms with van der Waals surface area (Å²) >= 11 is 4.33. The number of thiazole rings is 1. The molecule has 0 fully saturated rings. The van der Waals surface area contributed by atoms with Gasteiger partial charge in [0.1, 0.15) is 0 Å². The molecule has 1 N–H and O–H groups in total. The molecule has 0 radical (unpaired) electrons. The lowest BCUT2D eigenvalue weighted by Crippen LogP contribution is -2.00. The van der Waals surface area contributed by atoms with E-state index in [1.54, 1.807) is 29.1 Å². The summed E-state index contributed by atoms with van der Waals surface area (Å²) in [5, 5.41) is 21.9. The Morgan fingerprint density at radius 2 is 2.15 bits per heavy atom. The number of hydrogen-bond donors (Lipinski definition) is 1. The molecule has 0 saturated carbocycles. The predicted octanol–water partition coefficient (Wildman–Crippen LogP) is 3.63. The molecule has 0 aliphatic heterocycles. The molecule has 0 bridgehead atoms. The second-order valence-electron chi connectivity index (χ2n) is 5.11. The second-order valence-corrected chi connectivity index (χ2v) is 8.13. The van der Waals surface area contributed by atoms with Gasteiger partial charge in [-0.15, -0.1) is 32.9 Å². The smallest absolute Gasteiger partial charge is 0.309 e. The molecule has 7 nitrogen and oxygen atoms in total. The van der Waals surface area contributed by atoms with Crippen LogP contribution >= 0.6 is 34.4 Å². The lowest BCUT2D eigenvalue weighted by Gasteiger charge is -2.07. The molecule has 0 spiro atoms. The highest BCUT2D eigenvalue weighted by atomic mass is 32.2. The third-order valence-corrected chi connectivity index (χ3v) is 6.12. The van der Waals surface area contributed by atoms with E-state index in [1.165, 1.54) is 23.1 Å². The summed E-state index contributed by atoms with van der Waals surface area (Å²) in [4.78, 5) is 20.4. The first-order valence-electron chi connectivity index (χ1n) is 7.44. The van der Waals surface area contributed by atoms with Gasteiger partial charge in [0.05, 0.1) is 28.9 Å². The Morgan fingerprint density at radius 3 is 2.88 bits per heavy atom. The molecule has 4 heterocycles. The molecule has 4 aromatic heterocycles. The van der Waals surface area contributed by atoms with E-state index in [9.17, 15) is 4.79 Å². The molecule has 4 aromatic rings. The average Bonchev–Trinajstić information content (AvgIpc) is 3.36. The minimum atomic E-state index is -0.898. The van der Waals surface area contributed by atoms with Gasteiger partial charge in [-0.1, -0.05) is 6.07 Å². The lowest BCUT2D eigenvalue weighted by atomic mass is 10.3. The Kier molecular flexibility index (Phi) is 4.78. The van der Waals surface area contributed by atoms with E-state index in [0.29, 0.717) is 10.9 Å². The molecular formula is C16H11N5O2S3. The lowest BCUT2D eigenvalue weighted by molar-refractivity contribution is -0.136. The van der Waals surface area contributed by atoms with Crippen molar-refractivity contribution in [2.24, 2.45) is 0 Å². The number of aromatic nitrogens is 5. The van der Waals surface area contributed by atoms with Crippen molar-refractivity contribution < 1.29 is 9.90 Å². The maximum Gasteiger partial charge on any atom is 0.309 e. The highest BCUT2D eigenvalue weighted by molar-refractivity contribution is 8.00. The molecule has 26 heavy (non-hydrogen) atoms. The number of carbonyl (C=O) groups is 1. The summed E-state index contributed by atoms with van der Waals surface area (Å²) in [5.41, 5.74) is 1.39. The summed E-state index contributed by atoms with van der Waals surface area (Å²) < 4.78 is 2.65. The standard InChI is InChI=1S/C16H11N5O2S3/c22-13(23)7-10-9-25-16(18-10)26-15-20-19-14(12-4-2-6-24-12)21(15)11-3-1-5-17-8-11/h1-6,8-9H,7H2,(H,22,23). The van der Waals surface area contributed by atoms with Crippen LogP contribution in [0.4, 0.5) is 0 Å². The fourth-order valence-electron chi connectivity index (χ4n) is 2.27. The van der Waals surface area contributed by atoms with Crippen LogP contribution in [0.5, 0.6) is 0 Å². The maximum atomic E-state index is 10.8. The van der Waals surface area contributed by atoms with Gasteiger partial charge in [-0.05, 0) is 35.3 Å². The summed E-state index contributed by atoms with van der Waals surface area (Å²) in [7, 11) is 0. The Hall–Kier alpha value is -2.56. The summed E-state index contributed by atoms with van der Waals surface area (Å²) in [6, 6.07) is 7.75. The van der Waals surface area contributed by atoms with Crippen LogP contribution in [0.25, 0.3) is 16.4 Å². The summed E-state index contributed by atoms with van der Waals surface area (Å²) in [6.07, 6.45) is 3.37. The van der Waals surface area contributed by atoms with Gasteiger partial charge in [-0.25, -0.2) is 4.98 Å². The molecule has 130 valence electrons. The molecule has 0 atom stereocenters. The largest absolute Gasteiger partial charge is 0.481 e. The molecular weight excluding hydrogens is 390 g/mol. The van der Waals surface area contributed by atoms with Crippen molar-refractivity contribution >= 4 is 40.4 Å². The van der Waals surface area contributed by atoms with E-state index in [-0.39, 0.29) is 6.42 Å². The van der Waals surface area contributed by atoms with Crippen molar-refractivity contribution in [3.05, 3.63) is 53.1 Å². The van der Waals surface area contributed by atoms with E-state index in [1.807, 2.05) is 34.2 Å². The maximum absolute atomic E-state index is 10.8. The Morgan fingerprint density at radius 1 is 1.23 bits per heavy atom. The topological polar surface area (TPSA) is 93.8 Å². The second kappa shape index (κ2) is 7.36. The predicted molar refractivity (Wildman–Crippen MR) is 100 cm³/mol. The molecule has 10 heteroatoms. The number of nitrogens with zero attached hydrogens (tertiary/aromatic N) is 5. The van der Waals surface area contributed by atoms with Crippen molar-refractivity contribution in [2.45, 2.75) is 15.9 Å². The number of thiophene rings is 1. The number of carboxylic acid groups (broad SMARTS) is 1. The van der Waals surface area contributed by atoms with Crippen LogP contribution in [0.2, 0.25) is 0 Å². The third kappa shape index (κ3) is 3.52. The fourth-order valence-corrected chi connectivity index (χ4v) is 4.76. The summed E-state index contributed by atoms with van der Waals surface area (Å²) in [6.45, 7) is 0. The van der Waals surface area contributed by atoms with Gasteiger partial charge in [0.2, 0.25) is 5.16 Å². The normalized spacial score (nSPS) is 10.9. The van der Waals surface area contributed by atoms with Gasteiger partial charge in [0.15, 0.2) is 10.2 Å². The first-order valence-corrected chi connectivity index (χ1v) is 10.0.